The molecular weight excluding hydrogens is 538 g/mol. The summed E-state index contributed by atoms with van der Waals surface area (Å²) < 4.78 is 35.6. The minimum absolute atomic E-state index is 0.0898. The highest BCUT2D eigenvalue weighted by Crippen LogP contribution is 2.35. The number of rotatable bonds is 6. The number of hydrogen-bond donors (Lipinski definition) is 1. The van der Waals surface area contributed by atoms with E-state index in [0.717, 1.165) is 44.2 Å². The molecular formula is C26H29N7O4S2. The van der Waals surface area contributed by atoms with Gasteiger partial charge in [0.15, 0.2) is 0 Å². The number of sulfonamides is 1. The summed E-state index contributed by atoms with van der Waals surface area (Å²) in [5, 5.41) is 3.09. The number of ether oxygens (including phenoxy) is 1. The second-order valence-electron chi connectivity index (χ2n) is 10.3. The second kappa shape index (κ2) is 9.59. The summed E-state index contributed by atoms with van der Waals surface area (Å²) in [6.07, 6.45) is 1.17. The number of aryl methyl sites for hydroxylation is 1. The highest BCUT2D eigenvalue weighted by molar-refractivity contribution is 7.90. The first kappa shape index (κ1) is 25.0. The fraction of sp³-hybridized carbons (Fsp3) is 0.462. The molecule has 1 aliphatic carbocycles. The van der Waals surface area contributed by atoms with Gasteiger partial charge in [-0.2, -0.15) is 4.31 Å². The van der Waals surface area contributed by atoms with Crippen LogP contribution in [-0.4, -0.2) is 87.6 Å². The van der Waals surface area contributed by atoms with Crippen LogP contribution in [0.15, 0.2) is 30.3 Å². The average molecular weight is 568 g/mol. The first-order chi connectivity index (χ1) is 18.9. The lowest BCUT2D eigenvalue weighted by molar-refractivity contribution is -0.134. The average Bonchev–Trinajstić information content (AvgIpc) is 3.64. The lowest BCUT2D eigenvalue weighted by Gasteiger charge is -2.33. The SMILES string of the molecule is Cc1nc2ccccc2n1-c1nc(C2CNCCO2)c2sc(CN3CCN(S(=O)(=O)C4CC4)CC3=O)cc2n1. The van der Waals surface area contributed by atoms with Crippen LogP contribution in [0.5, 0.6) is 0 Å². The van der Waals surface area contributed by atoms with E-state index in [-0.39, 0.29) is 23.8 Å². The molecule has 4 aromatic rings. The zero-order valence-electron chi connectivity index (χ0n) is 21.5. The molecule has 5 heterocycles. The van der Waals surface area contributed by atoms with E-state index in [2.05, 4.69) is 5.32 Å². The topological polar surface area (TPSA) is 123 Å². The van der Waals surface area contributed by atoms with Gasteiger partial charge in [0.25, 0.3) is 0 Å². The Morgan fingerprint density at radius 3 is 2.74 bits per heavy atom. The molecule has 3 aromatic heterocycles. The summed E-state index contributed by atoms with van der Waals surface area (Å²) in [6.45, 7) is 5.01. The number of amides is 1. The Kier molecular flexibility index (Phi) is 6.16. The number of imidazole rings is 1. The van der Waals surface area contributed by atoms with Gasteiger partial charge in [0.05, 0.1) is 51.9 Å². The van der Waals surface area contributed by atoms with Gasteiger partial charge in [0, 0.05) is 31.1 Å². The molecule has 1 atom stereocenters. The Labute approximate surface area is 229 Å². The van der Waals surface area contributed by atoms with E-state index in [1.54, 1.807) is 16.2 Å². The van der Waals surface area contributed by atoms with Crippen molar-refractivity contribution in [3.8, 4) is 5.95 Å². The van der Waals surface area contributed by atoms with Crippen LogP contribution in [0.1, 0.15) is 35.3 Å². The molecule has 1 aromatic carbocycles. The van der Waals surface area contributed by atoms with Crippen LogP contribution in [0.2, 0.25) is 0 Å². The zero-order valence-corrected chi connectivity index (χ0v) is 23.2. The molecule has 1 amide bonds. The molecule has 7 rings (SSSR count). The maximum absolute atomic E-state index is 13.0. The number of aromatic nitrogens is 4. The summed E-state index contributed by atoms with van der Waals surface area (Å²) in [7, 11) is -3.36. The largest absolute Gasteiger partial charge is 0.369 e. The van der Waals surface area contributed by atoms with Gasteiger partial charge in [0.1, 0.15) is 11.9 Å². The summed E-state index contributed by atoms with van der Waals surface area (Å²) in [6, 6.07) is 9.93. The quantitative estimate of drug-likeness (QED) is 0.376. The number of fused-ring (bicyclic) bond motifs is 2. The summed E-state index contributed by atoms with van der Waals surface area (Å²) in [5.41, 5.74) is 3.43. The lowest BCUT2D eigenvalue weighted by atomic mass is 10.2. The van der Waals surface area contributed by atoms with Crippen molar-refractivity contribution in [2.24, 2.45) is 0 Å². The van der Waals surface area contributed by atoms with Gasteiger partial charge in [-0.05, 0) is 38.0 Å². The fourth-order valence-corrected chi connectivity index (χ4v) is 8.28. The van der Waals surface area contributed by atoms with Gasteiger partial charge < -0.3 is 15.0 Å². The predicted molar refractivity (Wildman–Crippen MR) is 147 cm³/mol. The molecule has 3 aliphatic rings. The van der Waals surface area contributed by atoms with Crippen LogP contribution in [0.4, 0.5) is 0 Å². The van der Waals surface area contributed by atoms with E-state index >= 15 is 0 Å². The number of nitrogens with one attached hydrogen (secondary N) is 1. The number of carbonyl (C=O) groups excluding carboxylic acids is 1. The molecule has 0 spiro atoms. The van der Waals surface area contributed by atoms with E-state index in [0.29, 0.717) is 51.6 Å². The van der Waals surface area contributed by atoms with Gasteiger partial charge in [-0.25, -0.2) is 23.4 Å². The van der Waals surface area contributed by atoms with E-state index < -0.39 is 10.0 Å². The molecule has 2 saturated heterocycles. The molecule has 1 unspecified atom stereocenters. The minimum Gasteiger partial charge on any atom is -0.369 e. The Balaban J connectivity index is 1.23. The van der Waals surface area contributed by atoms with Gasteiger partial charge in [0.2, 0.25) is 21.9 Å². The molecule has 13 heteroatoms. The van der Waals surface area contributed by atoms with Crippen molar-refractivity contribution >= 4 is 48.5 Å². The second-order valence-corrected chi connectivity index (χ2v) is 13.6. The van der Waals surface area contributed by atoms with Crippen LogP contribution >= 0.6 is 11.3 Å². The van der Waals surface area contributed by atoms with Crippen LogP contribution in [0, 0.1) is 6.92 Å². The van der Waals surface area contributed by atoms with Crippen molar-refractivity contribution in [3.05, 3.63) is 46.7 Å². The monoisotopic (exact) mass is 567 g/mol. The summed E-state index contributed by atoms with van der Waals surface area (Å²) in [5.74, 6) is 1.16. The number of thiophene rings is 1. The molecule has 1 N–H and O–H groups in total. The third-order valence-electron chi connectivity index (χ3n) is 7.53. The van der Waals surface area contributed by atoms with Gasteiger partial charge in [-0.1, -0.05) is 12.1 Å². The highest BCUT2D eigenvalue weighted by atomic mass is 32.2. The Morgan fingerprint density at radius 1 is 1.13 bits per heavy atom. The van der Waals surface area contributed by atoms with Crippen molar-refractivity contribution < 1.29 is 17.9 Å². The Hall–Kier alpha value is -2.97. The molecule has 0 bridgehead atoms. The highest BCUT2D eigenvalue weighted by Gasteiger charge is 2.42. The predicted octanol–water partition coefficient (Wildman–Crippen LogP) is 2.14. The molecule has 1 saturated carbocycles. The summed E-state index contributed by atoms with van der Waals surface area (Å²) >= 11 is 1.56. The first-order valence-electron chi connectivity index (χ1n) is 13.2. The van der Waals surface area contributed by atoms with Gasteiger partial charge in [-0.15, -0.1) is 11.3 Å². The maximum Gasteiger partial charge on any atom is 0.238 e. The van der Waals surface area contributed by atoms with E-state index in [1.807, 2.05) is 41.8 Å². The Bertz CT molecular complexity index is 1690. The number of carbonyl (C=O) groups is 1. The minimum atomic E-state index is -3.36. The Morgan fingerprint density at radius 2 is 1.97 bits per heavy atom. The zero-order chi connectivity index (χ0) is 26.7. The number of piperazine rings is 1. The van der Waals surface area contributed by atoms with Crippen LogP contribution in [0.3, 0.4) is 0 Å². The lowest BCUT2D eigenvalue weighted by Crippen LogP contribution is -2.52. The van der Waals surface area contributed by atoms with Crippen molar-refractivity contribution in [2.75, 3.05) is 39.3 Å². The smallest absolute Gasteiger partial charge is 0.238 e. The van der Waals surface area contributed by atoms with Crippen LogP contribution in [-0.2, 0) is 26.1 Å². The number of benzene rings is 1. The number of nitrogens with zero attached hydrogens (tertiary/aromatic N) is 6. The van der Waals surface area contributed by atoms with Crippen molar-refractivity contribution in [2.45, 2.75) is 37.7 Å². The molecule has 204 valence electrons. The molecule has 3 fully saturated rings. The van der Waals surface area contributed by atoms with Crippen molar-refractivity contribution in [1.29, 1.82) is 0 Å². The van der Waals surface area contributed by atoms with Crippen molar-refractivity contribution in [3.63, 3.8) is 0 Å². The molecule has 39 heavy (non-hydrogen) atoms. The fourth-order valence-electron chi connectivity index (χ4n) is 5.36. The van der Waals surface area contributed by atoms with E-state index in [9.17, 15) is 13.2 Å². The molecule has 11 nitrogen and oxygen atoms in total. The van der Waals surface area contributed by atoms with Gasteiger partial charge >= 0.3 is 0 Å². The standard InChI is InChI=1S/C26H29N7O4S2/c1-16-28-19-4-2-3-5-21(19)33(16)26-29-20-12-17(38-25(20)24(30-26)22-13-27-8-11-37-22)14-31-9-10-32(15-23(31)34)39(35,36)18-6-7-18/h2-5,12,18,22,27H,6-11,13-15H2,1H3. The number of morpholine rings is 1. The third-order valence-corrected chi connectivity index (χ3v) is 11.0. The van der Waals surface area contributed by atoms with Gasteiger partial charge in [-0.3, -0.25) is 9.36 Å². The molecule has 0 radical (unpaired) electrons. The van der Waals surface area contributed by atoms with Crippen molar-refractivity contribution in [1.82, 2.24) is 34.0 Å². The summed E-state index contributed by atoms with van der Waals surface area (Å²) in [4.78, 5) is 30.3. The number of hydrogen-bond acceptors (Lipinski definition) is 9. The van der Waals surface area contributed by atoms with E-state index in [4.69, 9.17) is 19.7 Å². The van der Waals surface area contributed by atoms with Crippen LogP contribution < -0.4 is 5.32 Å². The van der Waals surface area contributed by atoms with E-state index in [1.165, 1.54) is 4.31 Å². The number of para-hydroxylation sites is 2. The first-order valence-corrected chi connectivity index (χ1v) is 15.5. The normalized spacial score (nSPS) is 21.3. The molecule has 2 aliphatic heterocycles. The van der Waals surface area contributed by atoms with Crippen LogP contribution in [0.25, 0.3) is 27.2 Å². The maximum atomic E-state index is 13.0. The third kappa shape index (κ3) is 4.51.